The molecule has 124 valence electrons. The predicted molar refractivity (Wildman–Crippen MR) is 96.4 cm³/mol. The molecule has 1 heterocycles. The van der Waals surface area contributed by atoms with E-state index in [-0.39, 0.29) is 5.91 Å². The van der Waals surface area contributed by atoms with Crippen molar-refractivity contribution in [3.8, 4) is 11.8 Å². The van der Waals surface area contributed by atoms with Crippen molar-refractivity contribution < 1.29 is 4.79 Å². The van der Waals surface area contributed by atoms with E-state index in [4.69, 9.17) is 5.26 Å². The SMILES string of the molecule is CC(Nc1cnn(-c2ccccc2)c1)C(=O)Nc1cccc(C#N)c1. The van der Waals surface area contributed by atoms with Crippen LogP contribution in [0.1, 0.15) is 12.5 Å². The zero-order chi connectivity index (χ0) is 17.6. The first-order valence-electron chi connectivity index (χ1n) is 7.83. The molecule has 3 aromatic rings. The number of amides is 1. The number of benzene rings is 2. The van der Waals surface area contributed by atoms with Crippen molar-refractivity contribution in [3.63, 3.8) is 0 Å². The van der Waals surface area contributed by atoms with Gasteiger partial charge in [-0.25, -0.2) is 4.68 Å². The lowest BCUT2D eigenvalue weighted by Gasteiger charge is -2.14. The Morgan fingerprint density at radius 3 is 2.72 bits per heavy atom. The monoisotopic (exact) mass is 331 g/mol. The third-order valence-electron chi connectivity index (χ3n) is 3.64. The number of aromatic nitrogens is 2. The minimum Gasteiger partial charge on any atom is -0.371 e. The molecule has 0 bridgehead atoms. The second kappa shape index (κ2) is 7.32. The van der Waals surface area contributed by atoms with E-state index in [0.717, 1.165) is 11.4 Å². The lowest BCUT2D eigenvalue weighted by Crippen LogP contribution is -2.31. The molecule has 0 saturated heterocycles. The van der Waals surface area contributed by atoms with Crippen molar-refractivity contribution >= 4 is 17.3 Å². The van der Waals surface area contributed by atoms with Crippen molar-refractivity contribution in [1.29, 1.82) is 5.26 Å². The summed E-state index contributed by atoms with van der Waals surface area (Å²) in [6, 6.07) is 18.1. The Kier molecular flexibility index (Phi) is 4.77. The Bertz CT molecular complexity index is 911. The highest BCUT2D eigenvalue weighted by atomic mass is 16.2. The Balaban J connectivity index is 1.64. The molecule has 1 aromatic heterocycles. The molecule has 1 unspecified atom stereocenters. The Labute approximate surface area is 145 Å². The predicted octanol–water partition coefficient (Wildman–Crippen LogP) is 3.18. The third kappa shape index (κ3) is 4.03. The molecule has 3 rings (SSSR count). The molecule has 6 nitrogen and oxygen atoms in total. The fourth-order valence-electron chi connectivity index (χ4n) is 2.35. The molecular weight excluding hydrogens is 314 g/mol. The number of hydrogen-bond donors (Lipinski definition) is 2. The van der Waals surface area contributed by atoms with Crippen molar-refractivity contribution in [1.82, 2.24) is 9.78 Å². The molecule has 0 radical (unpaired) electrons. The summed E-state index contributed by atoms with van der Waals surface area (Å²) in [5, 5.41) is 19.1. The van der Waals surface area contributed by atoms with Crippen molar-refractivity contribution in [2.45, 2.75) is 13.0 Å². The highest BCUT2D eigenvalue weighted by Gasteiger charge is 2.14. The Morgan fingerprint density at radius 2 is 1.96 bits per heavy atom. The van der Waals surface area contributed by atoms with E-state index in [9.17, 15) is 4.79 Å². The summed E-state index contributed by atoms with van der Waals surface area (Å²) < 4.78 is 1.74. The second-order valence-corrected chi connectivity index (χ2v) is 5.56. The Morgan fingerprint density at radius 1 is 1.16 bits per heavy atom. The normalized spacial score (nSPS) is 11.4. The number of para-hydroxylation sites is 1. The van der Waals surface area contributed by atoms with Crippen LogP contribution in [-0.4, -0.2) is 21.7 Å². The second-order valence-electron chi connectivity index (χ2n) is 5.56. The molecule has 0 aliphatic rings. The topological polar surface area (TPSA) is 82.7 Å². The molecule has 2 N–H and O–H groups in total. The molecule has 6 heteroatoms. The standard InChI is InChI=1S/C19H17N5O/c1-14(19(25)23-16-7-5-6-15(10-16)11-20)22-17-12-21-24(13-17)18-8-3-2-4-9-18/h2-10,12-14,22H,1H3,(H,23,25). The first-order chi connectivity index (χ1) is 12.2. The quantitative estimate of drug-likeness (QED) is 0.752. The number of carbonyl (C=O) groups is 1. The van der Waals surface area contributed by atoms with E-state index < -0.39 is 6.04 Å². The van der Waals surface area contributed by atoms with Gasteiger partial charge in [-0.3, -0.25) is 4.79 Å². The summed E-state index contributed by atoms with van der Waals surface area (Å²) in [5.41, 5.74) is 2.79. The molecule has 0 aliphatic carbocycles. The number of hydrogen-bond acceptors (Lipinski definition) is 4. The average Bonchev–Trinajstić information content (AvgIpc) is 3.11. The van der Waals surface area contributed by atoms with Gasteiger partial charge in [0.05, 0.1) is 35.4 Å². The first kappa shape index (κ1) is 16.3. The molecule has 1 atom stereocenters. The first-order valence-corrected chi connectivity index (χ1v) is 7.83. The largest absolute Gasteiger partial charge is 0.371 e. The molecule has 0 saturated carbocycles. The number of carbonyl (C=O) groups excluding carboxylic acids is 1. The van der Waals surface area contributed by atoms with Crippen LogP contribution < -0.4 is 10.6 Å². The Hall–Kier alpha value is -3.59. The van der Waals surface area contributed by atoms with E-state index in [1.807, 2.05) is 36.5 Å². The zero-order valence-corrected chi connectivity index (χ0v) is 13.7. The lowest BCUT2D eigenvalue weighted by atomic mass is 10.2. The van der Waals surface area contributed by atoms with Gasteiger partial charge in [-0.05, 0) is 37.3 Å². The van der Waals surface area contributed by atoms with Gasteiger partial charge in [0, 0.05) is 5.69 Å². The van der Waals surface area contributed by atoms with Gasteiger partial charge in [0.1, 0.15) is 6.04 Å². The number of nitrogens with zero attached hydrogens (tertiary/aromatic N) is 3. The fourth-order valence-corrected chi connectivity index (χ4v) is 2.35. The highest BCUT2D eigenvalue weighted by molar-refractivity contribution is 5.96. The molecule has 1 amide bonds. The van der Waals surface area contributed by atoms with E-state index >= 15 is 0 Å². The van der Waals surface area contributed by atoms with Crippen LogP contribution in [0.15, 0.2) is 67.0 Å². The number of rotatable bonds is 5. The van der Waals surface area contributed by atoms with Crippen molar-refractivity contribution in [2.75, 3.05) is 10.6 Å². The molecule has 25 heavy (non-hydrogen) atoms. The van der Waals surface area contributed by atoms with Gasteiger partial charge in [-0.15, -0.1) is 0 Å². The van der Waals surface area contributed by atoms with Crippen LogP contribution in [0.25, 0.3) is 5.69 Å². The summed E-state index contributed by atoms with van der Waals surface area (Å²) in [7, 11) is 0. The van der Waals surface area contributed by atoms with Crippen LogP contribution in [0.4, 0.5) is 11.4 Å². The summed E-state index contributed by atoms with van der Waals surface area (Å²) in [5.74, 6) is -0.192. The molecule has 0 aliphatic heterocycles. The van der Waals surface area contributed by atoms with Gasteiger partial charge < -0.3 is 10.6 Å². The van der Waals surface area contributed by atoms with Crippen LogP contribution in [0, 0.1) is 11.3 Å². The van der Waals surface area contributed by atoms with E-state index in [0.29, 0.717) is 11.3 Å². The minimum atomic E-state index is -0.459. The van der Waals surface area contributed by atoms with Gasteiger partial charge >= 0.3 is 0 Å². The van der Waals surface area contributed by atoms with Crippen LogP contribution in [0.2, 0.25) is 0 Å². The summed E-state index contributed by atoms with van der Waals surface area (Å²) in [6.45, 7) is 1.77. The summed E-state index contributed by atoms with van der Waals surface area (Å²) in [4.78, 5) is 12.3. The maximum Gasteiger partial charge on any atom is 0.246 e. The lowest BCUT2D eigenvalue weighted by molar-refractivity contribution is -0.116. The molecule has 2 aromatic carbocycles. The van der Waals surface area contributed by atoms with Crippen LogP contribution >= 0.6 is 0 Å². The highest BCUT2D eigenvalue weighted by Crippen LogP contribution is 2.14. The molecule has 0 fully saturated rings. The van der Waals surface area contributed by atoms with Crippen LogP contribution in [-0.2, 0) is 4.79 Å². The average molecular weight is 331 g/mol. The molecule has 0 spiro atoms. The fraction of sp³-hybridized carbons (Fsp3) is 0.105. The van der Waals surface area contributed by atoms with Gasteiger partial charge in [0.25, 0.3) is 0 Å². The number of anilines is 2. The van der Waals surface area contributed by atoms with Crippen molar-refractivity contribution in [2.24, 2.45) is 0 Å². The van der Waals surface area contributed by atoms with Gasteiger partial charge in [0.15, 0.2) is 0 Å². The van der Waals surface area contributed by atoms with Gasteiger partial charge in [0.2, 0.25) is 5.91 Å². The van der Waals surface area contributed by atoms with Crippen LogP contribution in [0.3, 0.4) is 0 Å². The van der Waals surface area contributed by atoms with Crippen molar-refractivity contribution in [3.05, 3.63) is 72.6 Å². The third-order valence-corrected chi connectivity index (χ3v) is 3.64. The zero-order valence-electron chi connectivity index (χ0n) is 13.7. The maximum absolute atomic E-state index is 12.3. The molecular formula is C19H17N5O. The van der Waals surface area contributed by atoms with Gasteiger partial charge in [-0.1, -0.05) is 24.3 Å². The van der Waals surface area contributed by atoms with E-state index in [1.165, 1.54) is 0 Å². The summed E-state index contributed by atoms with van der Waals surface area (Å²) in [6.07, 6.45) is 3.50. The van der Waals surface area contributed by atoms with Crippen LogP contribution in [0.5, 0.6) is 0 Å². The maximum atomic E-state index is 12.3. The van der Waals surface area contributed by atoms with Gasteiger partial charge in [-0.2, -0.15) is 10.4 Å². The number of nitriles is 1. The minimum absolute atomic E-state index is 0.192. The summed E-state index contributed by atoms with van der Waals surface area (Å²) >= 11 is 0. The van der Waals surface area contributed by atoms with E-state index in [2.05, 4.69) is 21.8 Å². The smallest absolute Gasteiger partial charge is 0.246 e. The number of nitrogens with one attached hydrogen (secondary N) is 2. The van der Waals surface area contributed by atoms with E-state index in [1.54, 1.807) is 42.1 Å².